The summed E-state index contributed by atoms with van der Waals surface area (Å²) in [5, 5.41) is 2.60. The van der Waals surface area contributed by atoms with Crippen molar-refractivity contribution < 1.29 is 8.42 Å². The van der Waals surface area contributed by atoms with Crippen molar-refractivity contribution in [3.8, 4) is 0 Å². The first kappa shape index (κ1) is 16.0. The smallest absolute Gasteiger partial charge is 0.241 e. The van der Waals surface area contributed by atoms with Crippen molar-refractivity contribution in [1.29, 1.82) is 0 Å². The van der Waals surface area contributed by atoms with Crippen LogP contribution >= 0.6 is 23.6 Å². The highest BCUT2D eigenvalue weighted by atomic mass is 32.2. The van der Waals surface area contributed by atoms with E-state index < -0.39 is 10.0 Å². The van der Waals surface area contributed by atoms with Gasteiger partial charge in [0.25, 0.3) is 0 Å². The zero-order valence-electron chi connectivity index (χ0n) is 11.6. The molecular weight excluding hydrogens is 326 g/mol. The highest BCUT2D eigenvalue weighted by Gasteiger charge is 2.18. The summed E-state index contributed by atoms with van der Waals surface area (Å²) in [5.41, 5.74) is 7.59. The Balaban J connectivity index is 2.26. The van der Waals surface area contributed by atoms with Gasteiger partial charge in [-0.1, -0.05) is 24.4 Å². The summed E-state index contributed by atoms with van der Waals surface area (Å²) in [7, 11) is -3.63. The van der Waals surface area contributed by atoms with Crippen molar-refractivity contribution in [3.63, 3.8) is 0 Å². The summed E-state index contributed by atoms with van der Waals surface area (Å²) < 4.78 is 27.3. The Morgan fingerprint density at radius 2 is 2.14 bits per heavy atom. The van der Waals surface area contributed by atoms with Crippen LogP contribution in [-0.4, -0.2) is 18.4 Å². The van der Waals surface area contributed by atoms with E-state index in [0.29, 0.717) is 11.1 Å². The SMILES string of the molecule is Cc1csc(CNS(=O)(=O)c2cc(C(N)=S)ccc2C)n1. The van der Waals surface area contributed by atoms with Crippen LogP contribution in [0.3, 0.4) is 0 Å². The minimum atomic E-state index is -3.63. The molecular formula is C13H15N3O2S3. The average molecular weight is 341 g/mol. The Morgan fingerprint density at radius 3 is 2.71 bits per heavy atom. The summed E-state index contributed by atoms with van der Waals surface area (Å²) in [4.78, 5) is 4.58. The molecule has 2 rings (SSSR count). The normalized spacial score (nSPS) is 11.5. The molecule has 0 spiro atoms. The zero-order chi connectivity index (χ0) is 15.6. The van der Waals surface area contributed by atoms with Gasteiger partial charge >= 0.3 is 0 Å². The van der Waals surface area contributed by atoms with E-state index in [1.807, 2.05) is 12.3 Å². The van der Waals surface area contributed by atoms with Gasteiger partial charge in [-0.3, -0.25) is 0 Å². The Kier molecular flexibility index (Phi) is 4.72. The van der Waals surface area contributed by atoms with Gasteiger partial charge < -0.3 is 5.73 Å². The average Bonchev–Trinajstić information content (AvgIpc) is 2.82. The number of benzene rings is 1. The molecule has 1 aromatic heterocycles. The maximum atomic E-state index is 12.4. The van der Waals surface area contributed by atoms with E-state index in [0.717, 1.165) is 10.7 Å². The minimum absolute atomic E-state index is 0.164. The van der Waals surface area contributed by atoms with E-state index >= 15 is 0 Å². The summed E-state index contributed by atoms with van der Waals surface area (Å²) in [5.74, 6) is 0. The number of nitrogens with two attached hydrogens (primary N) is 1. The summed E-state index contributed by atoms with van der Waals surface area (Å²) in [6.07, 6.45) is 0. The van der Waals surface area contributed by atoms with E-state index in [1.54, 1.807) is 19.1 Å². The second kappa shape index (κ2) is 6.18. The number of aromatic nitrogens is 1. The molecule has 2 aromatic rings. The van der Waals surface area contributed by atoms with E-state index in [-0.39, 0.29) is 16.4 Å². The molecule has 0 saturated carbocycles. The summed E-state index contributed by atoms with van der Waals surface area (Å²) >= 11 is 6.30. The molecule has 0 bridgehead atoms. The fourth-order valence-corrected chi connectivity index (χ4v) is 3.95. The maximum absolute atomic E-state index is 12.4. The van der Waals surface area contributed by atoms with Crippen LogP contribution in [0.2, 0.25) is 0 Å². The third kappa shape index (κ3) is 3.85. The molecule has 0 unspecified atom stereocenters. The molecule has 0 aliphatic carbocycles. The number of sulfonamides is 1. The van der Waals surface area contributed by atoms with Crippen LogP contribution in [-0.2, 0) is 16.6 Å². The molecule has 0 aliphatic heterocycles. The molecule has 0 saturated heterocycles. The zero-order valence-corrected chi connectivity index (χ0v) is 14.0. The number of aryl methyl sites for hydroxylation is 2. The van der Waals surface area contributed by atoms with Crippen molar-refractivity contribution in [1.82, 2.24) is 9.71 Å². The number of rotatable bonds is 5. The van der Waals surface area contributed by atoms with Crippen LogP contribution in [0.25, 0.3) is 0 Å². The maximum Gasteiger partial charge on any atom is 0.241 e. The van der Waals surface area contributed by atoms with Gasteiger partial charge in [-0.05, 0) is 25.5 Å². The number of thiocarbonyl (C=S) groups is 1. The second-order valence-corrected chi connectivity index (χ2v) is 7.67. The number of nitrogens with zero attached hydrogens (tertiary/aromatic N) is 1. The molecule has 0 radical (unpaired) electrons. The lowest BCUT2D eigenvalue weighted by atomic mass is 10.1. The summed E-state index contributed by atoms with van der Waals surface area (Å²) in [6.45, 7) is 3.76. The van der Waals surface area contributed by atoms with E-state index in [9.17, 15) is 8.42 Å². The molecule has 0 amide bonds. The second-order valence-electron chi connectivity index (χ2n) is 4.55. The predicted octanol–water partition coefficient (Wildman–Crippen LogP) is 1.87. The molecule has 0 fully saturated rings. The lowest BCUT2D eigenvalue weighted by Gasteiger charge is -2.10. The molecule has 21 heavy (non-hydrogen) atoms. The lowest BCUT2D eigenvalue weighted by molar-refractivity contribution is 0.580. The minimum Gasteiger partial charge on any atom is -0.389 e. The van der Waals surface area contributed by atoms with Gasteiger partial charge in [-0.15, -0.1) is 11.3 Å². The van der Waals surface area contributed by atoms with Crippen LogP contribution in [0, 0.1) is 13.8 Å². The topological polar surface area (TPSA) is 85.1 Å². The van der Waals surface area contributed by atoms with Crippen molar-refractivity contribution in [3.05, 3.63) is 45.4 Å². The van der Waals surface area contributed by atoms with E-state index in [2.05, 4.69) is 9.71 Å². The Morgan fingerprint density at radius 1 is 1.43 bits per heavy atom. The third-order valence-electron chi connectivity index (χ3n) is 2.84. The molecule has 3 N–H and O–H groups in total. The van der Waals surface area contributed by atoms with Gasteiger partial charge in [0.05, 0.1) is 11.4 Å². The molecule has 0 aliphatic rings. The van der Waals surface area contributed by atoms with Gasteiger partial charge in [-0.25, -0.2) is 18.1 Å². The largest absolute Gasteiger partial charge is 0.389 e. The standard InChI is InChI=1S/C13H15N3O2S3/c1-8-3-4-10(13(14)19)5-11(8)21(17,18)15-6-12-16-9(2)7-20-12/h3-5,7,15H,6H2,1-2H3,(H2,14,19). The molecule has 8 heteroatoms. The first-order valence-corrected chi connectivity index (χ1v) is 8.88. The number of thiazole rings is 1. The van der Waals surface area contributed by atoms with Crippen LogP contribution in [0.4, 0.5) is 0 Å². The van der Waals surface area contributed by atoms with Gasteiger partial charge in [-0.2, -0.15) is 0 Å². The number of nitrogens with one attached hydrogen (secondary N) is 1. The van der Waals surface area contributed by atoms with E-state index in [4.69, 9.17) is 18.0 Å². The number of hydrogen-bond donors (Lipinski definition) is 2. The highest BCUT2D eigenvalue weighted by Crippen LogP contribution is 2.18. The highest BCUT2D eigenvalue weighted by molar-refractivity contribution is 7.89. The Hall–Kier alpha value is -1.35. The Labute approximate surface area is 133 Å². The predicted molar refractivity (Wildman–Crippen MR) is 87.9 cm³/mol. The van der Waals surface area contributed by atoms with Crippen molar-refractivity contribution >= 4 is 38.6 Å². The fourth-order valence-electron chi connectivity index (χ4n) is 1.76. The Bertz CT molecular complexity index is 782. The fraction of sp³-hybridized carbons (Fsp3) is 0.231. The first-order valence-electron chi connectivity index (χ1n) is 6.11. The quantitative estimate of drug-likeness (QED) is 0.811. The summed E-state index contributed by atoms with van der Waals surface area (Å²) in [6, 6.07) is 4.89. The number of hydrogen-bond acceptors (Lipinski definition) is 5. The molecule has 5 nitrogen and oxygen atoms in total. The van der Waals surface area contributed by atoms with Gasteiger partial charge in [0.1, 0.15) is 10.00 Å². The van der Waals surface area contributed by atoms with E-state index in [1.165, 1.54) is 17.4 Å². The van der Waals surface area contributed by atoms with Crippen molar-refractivity contribution in [2.75, 3.05) is 0 Å². The third-order valence-corrected chi connectivity index (χ3v) is 5.59. The monoisotopic (exact) mass is 341 g/mol. The van der Waals surface area contributed by atoms with Gasteiger partial charge in [0.15, 0.2) is 0 Å². The molecule has 0 atom stereocenters. The van der Waals surface area contributed by atoms with Crippen LogP contribution in [0.5, 0.6) is 0 Å². The van der Waals surface area contributed by atoms with Crippen LogP contribution in [0.15, 0.2) is 28.5 Å². The van der Waals surface area contributed by atoms with Crippen molar-refractivity contribution in [2.45, 2.75) is 25.3 Å². The molecule has 1 heterocycles. The molecule has 1 aromatic carbocycles. The van der Waals surface area contributed by atoms with Crippen LogP contribution < -0.4 is 10.5 Å². The van der Waals surface area contributed by atoms with Crippen molar-refractivity contribution in [2.24, 2.45) is 5.73 Å². The van der Waals surface area contributed by atoms with Gasteiger partial charge in [0.2, 0.25) is 10.0 Å². The van der Waals surface area contributed by atoms with Crippen LogP contribution in [0.1, 0.15) is 21.8 Å². The lowest BCUT2D eigenvalue weighted by Crippen LogP contribution is -2.24. The van der Waals surface area contributed by atoms with Gasteiger partial charge in [0, 0.05) is 16.6 Å². The first-order chi connectivity index (χ1) is 9.79. The molecule has 112 valence electrons.